The van der Waals surface area contributed by atoms with Crippen molar-refractivity contribution in [1.82, 2.24) is 4.98 Å². The SMILES string of the molecule is CSc1cncc(Cl)c1C(F)c1ccc(OC(F)(F)F)cc1. The standard InChI is InChI=1S/C14H10ClF4NOS/c1-22-11-7-20-6-10(15)12(11)13(16)8-2-4-9(5-3-8)21-14(17,18)19/h2-7,13H,1H3. The largest absolute Gasteiger partial charge is 0.573 e. The maximum atomic E-state index is 14.7. The molecule has 1 aromatic heterocycles. The van der Waals surface area contributed by atoms with Gasteiger partial charge >= 0.3 is 6.36 Å². The summed E-state index contributed by atoms with van der Waals surface area (Å²) >= 11 is 7.27. The Morgan fingerprint density at radius 1 is 1.18 bits per heavy atom. The molecule has 0 spiro atoms. The molecule has 0 saturated carbocycles. The highest BCUT2D eigenvalue weighted by Gasteiger charge is 2.31. The Labute approximate surface area is 133 Å². The predicted molar refractivity (Wildman–Crippen MR) is 77.1 cm³/mol. The predicted octanol–water partition coefficient (Wildman–Crippen LogP) is 5.41. The molecular formula is C14H10ClF4NOS. The molecule has 0 aliphatic rings. The average molecular weight is 352 g/mol. The molecule has 1 atom stereocenters. The van der Waals surface area contributed by atoms with Crippen LogP contribution in [0, 0.1) is 0 Å². The van der Waals surface area contributed by atoms with Gasteiger partial charge in [0.1, 0.15) is 5.75 Å². The van der Waals surface area contributed by atoms with Crippen LogP contribution in [0.5, 0.6) is 5.75 Å². The van der Waals surface area contributed by atoms with Gasteiger partial charge in [0.2, 0.25) is 0 Å². The van der Waals surface area contributed by atoms with Crippen LogP contribution in [0.4, 0.5) is 17.6 Å². The highest BCUT2D eigenvalue weighted by atomic mass is 35.5. The summed E-state index contributed by atoms with van der Waals surface area (Å²) in [6, 6.07) is 4.58. The van der Waals surface area contributed by atoms with E-state index in [1.165, 1.54) is 36.3 Å². The van der Waals surface area contributed by atoms with Crippen LogP contribution < -0.4 is 4.74 Å². The first kappa shape index (κ1) is 16.9. The molecule has 0 bridgehead atoms. The maximum Gasteiger partial charge on any atom is 0.573 e. The number of hydrogen-bond donors (Lipinski definition) is 0. The van der Waals surface area contributed by atoms with Crippen molar-refractivity contribution >= 4 is 23.4 Å². The van der Waals surface area contributed by atoms with Crippen LogP contribution in [-0.4, -0.2) is 17.6 Å². The zero-order valence-electron chi connectivity index (χ0n) is 11.2. The summed E-state index contributed by atoms with van der Waals surface area (Å²) in [5, 5.41) is 0.162. The molecular weight excluding hydrogens is 342 g/mol. The summed E-state index contributed by atoms with van der Waals surface area (Å²) in [7, 11) is 0. The lowest BCUT2D eigenvalue weighted by molar-refractivity contribution is -0.274. The Morgan fingerprint density at radius 2 is 1.82 bits per heavy atom. The van der Waals surface area contributed by atoms with E-state index in [4.69, 9.17) is 11.6 Å². The number of benzene rings is 1. The Bertz CT molecular complexity index is 648. The average Bonchev–Trinajstić information content (AvgIpc) is 2.45. The number of alkyl halides is 4. The van der Waals surface area contributed by atoms with Gasteiger partial charge in [-0.15, -0.1) is 24.9 Å². The van der Waals surface area contributed by atoms with Gasteiger partial charge in [-0.3, -0.25) is 4.98 Å². The first-order valence-corrected chi connectivity index (χ1v) is 7.59. The Hall–Kier alpha value is -1.47. The number of pyridine rings is 1. The van der Waals surface area contributed by atoms with Crippen molar-refractivity contribution in [1.29, 1.82) is 0 Å². The summed E-state index contributed by atoms with van der Waals surface area (Å²) in [6.45, 7) is 0. The van der Waals surface area contributed by atoms with E-state index >= 15 is 0 Å². The number of hydrogen-bond acceptors (Lipinski definition) is 3. The summed E-state index contributed by atoms with van der Waals surface area (Å²) in [4.78, 5) is 4.45. The highest BCUT2D eigenvalue weighted by Crippen LogP contribution is 2.37. The van der Waals surface area contributed by atoms with Crippen molar-refractivity contribution < 1.29 is 22.3 Å². The summed E-state index contributed by atoms with van der Waals surface area (Å²) in [6.07, 6.45) is -1.79. The van der Waals surface area contributed by atoms with Crippen LogP contribution in [0.2, 0.25) is 5.02 Å². The molecule has 1 heterocycles. The second-order valence-electron chi connectivity index (χ2n) is 4.22. The summed E-state index contributed by atoms with van der Waals surface area (Å²) < 4.78 is 54.7. The van der Waals surface area contributed by atoms with E-state index in [1.807, 2.05) is 0 Å². The van der Waals surface area contributed by atoms with E-state index in [0.717, 1.165) is 12.1 Å². The van der Waals surface area contributed by atoms with Gasteiger partial charge in [0.25, 0.3) is 0 Å². The molecule has 0 amide bonds. The lowest BCUT2D eigenvalue weighted by Gasteiger charge is -2.15. The van der Waals surface area contributed by atoms with E-state index in [-0.39, 0.29) is 16.1 Å². The highest BCUT2D eigenvalue weighted by molar-refractivity contribution is 7.98. The minimum absolute atomic E-state index is 0.162. The van der Waals surface area contributed by atoms with E-state index < -0.39 is 18.3 Å². The van der Waals surface area contributed by atoms with Gasteiger partial charge in [0.05, 0.1) is 5.02 Å². The first-order chi connectivity index (χ1) is 10.3. The molecule has 0 N–H and O–H groups in total. The normalized spacial score (nSPS) is 13.0. The number of aromatic nitrogens is 1. The maximum absolute atomic E-state index is 14.7. The molecule has 8 heteroatoms. The molecule has 2 aromatic rings. The number of nitrogens with zero attached hydrogens (tertiary/aromatic N) is 1. The van der Waals surface area contributed by atoms with Crippen molar-refractivity contribution in [3.8, 4) is 5.75 Å². The van der Waals surface area contributed by atoms with Crippen LogP contribution in [-0.2, 0) is 0 Å². The Balaban J connectivity index is 2.29. The number of ether oxygens (including phenoxy) is 1. The second kappa shape index (κ2) is 6.75. The van der Waals surface area contributed by atoms with E-state index in [9.17, 15) is 17.6 Å². The van der Waals surface area contributed by atoms with E-state index in [2.05, 4.69) is 9.72 Å². The molecule has 0 saturated heterocycles. The summed E-state index contributed by atoms with van der Waals surface area (Å²) in [5.74, 6) is -0.408. The third-order valence-electron chi connectivity index (χ3n) is 2.78. The fourth-order valence-electron chi connectivity index (χ4n) is 1.84. The molecule has 2 rings (SSSR count). The van der Waals surface area contributed by atoms with Gasteiger partial charge < -0.3 is 4.74 Å². The van der Waals surface area contributed by atoms with E-state index in [0.29, 0.717) is 4.90 Å². The van der Waals surface area contributed by atoms with E-state index in [1.54, 1.807) is 6.26 Å². The first-order valence-electron chi connectivity index (χ1n) is 5.99. The minimum Gasteiger partial charge on any atom is -0.406 e. The number of halogens is 5. The van der Waals surface area contributed by atoms with Crippen molar-refractivity contribution in [3.63, 3.8) is 0 Å². The molecule has 0 fully saturated rings. The molecule has 1 aromatic carbocycles. The topological polar surface area (TPSA) is 22.1 Å². The fourth-order valence-corrected chi connectivity index (χ4v) is 2.75. The van der Waals surface area contributed by atoms with Gasteiger partial charge in [-0.25, -0.2) is 4.39 Å². The summed E-state index contributed by atoms with van der Waals surface area (Å²) in [5.41, 5.74) is 0.423. The minimum atomic E-state index is -4.78. The van der Waals surface area contributed by atoms with Crippen LogP contribution in [0.15, 0.2) is 41.6 Å². The van der Waals surface area contributed by atoms with Crippen molar-refractivity contribution in [2.45, 2.75) is 17.4 Å². The molecule has 0 radical (unpaired) electrons. The smallest absolute Gasteiger partial charge is 0.406 e. The molecule has 22 heavy (non-hydrogen) atoms. The zero-order valence-corrected chi connectivity index (χ0v) is 12.8. The number of thioether (sulfide) groups is 1. The van der Waals surface area contributed by atoms with Crippen molar-refractivity contribution in [2.75, 3.05) is 6.26 Å². The molecule has 0 aliphatic carbocycles. The second-order valence-corrected chi connectivity index (χ2v) is 5.47. The van der Waals surface area contributed by atoms with Crippen LogP contribution >= 0.6 is 23.4 Å². The van der Waals surface area contributed by atoms with Crippen LogP contribution in [0.25, 0.3) is 0 Å². The third kappa shape index (κ3) is 4.04. The number of rotatable bonds is 4. The van der Waals surface area contributed by atoms with Crippen molar-refractivity contribution in [3.05, 3.63) is 52.8 Å². The lowest BCUT2D eigenvalue weighted by Crippen LogP contribution is -2.17. The van der Waals surface area contributed by atoms with Crippen molar-refractivity contribution in [2.24, 2.45) is 0 Å². The lowest BCUT2D eigenvalue weighted by atomic mass is 10.0. The molecule has 1 unspecified atom stereocenters. The monoisotopic (exact) mass is 351 g/mol. The van der Waals surface area contributed by atoms with Gasteiger partial charge in [0.15, 0.2) is 6.17 Å². The molecule has 0 aliphatic heterocycles. The van der Waals surface area contributed by atoms with Gasteiger partial charge in [-0.05, 0) is 24.0 Å². The third-order valence-corrected chi connectivity index (χ3v) is 3.85. The Morgan fingerprint density at radius 3 is 2.36 bits per heavy atom. The van der Waals surface area contributed by atoms with Crippen LogP contribution in [0.1, 0.15) is 17.3 Å². The zero-order chi connectivity index (χ0) is 16.3. The van der Waals surface area contributed by atoms with Crippen LogP contribution in [0.3, 0.4) is 0 Å². The van der Waals surface area contributed by atoms with Gasteiger partial charge in [0, 0.05) is 22.9 Å². The van der Waals surface area contributed by atoms with Gasteiger partial charge in [-0.2, -0.15) is 0 Å². The molecule has 118 valence electrons. The quantitative estimate of drug-likeness (QED) is 0.543. The molecule has 2 nitrogen and oxygen atoms in total. The Kier molecular flexibility index (Phi) is 5.18. The fraction of sp³-hybridized carbons (Fsp3) is 0.214. The van der Waals surface area contributed by atoms with Gasteiger partial charge in [-0.1, -0.05) is 23.7 Å².